The lowest BCUT2D eigenvalue weighted by molar-refractivity contribution is -0.134. The average Bonchev–Trinajstić information content (AvgIpc) is 3.01. The summed E-state index contributed by atoms with van der Waals surface area (Å²) in [5, 5.41) is 9.26. The van der Waals surface area contributed by atoms with Gasteiger partial charge < -0.3 is 14.6 Å². The van der Waals surface area contributed by atoms with Crippen LogP contribution < -0.4 is 0 Å². The summed E-state index contributed by atoms with van der Waals surface area (Å²) in [7, 11) is 0. The predicted molar refractivity (Wildman–Crippen MR) is 77.2 cm³/mol. The van der Waals surface area contributed by atoms with Crippen LogP contribution in [0.1, 0.15) is 45.1 Å². The van der Waals surface area contributed by atoms with Gasteiger partial charge >= 0.3 is 0 Å². The smallest absolute Gasteiger partial charge is 0.224 e. The number of carbonyl (C=O) groups is 1. The molecule has 112 valence electrons. The van der Waals surface area contributed by atoms with E-state index < -0.39 is 0 Å². The van der Waals surface area contributed by atoms with Crippen molar-refractivity contribution in [1.82, 2.24) is 14.5 Å². The van der Waals surface area contributed by atoms with Gasteiger partial charge in [-0.05, 0) is 25.2 Å². The number of rotatable bonds is 6. The Morgan fingerprint density at radius 1 is 1.55 bits per heavy atom. The Kier molecular flexibility index (Phi) is 5.59. The van der Waals surface area contributed by atoms with E-state index in [4.69, 9.17) is 0 Å². The molecule has 20 heavy (non-hydrogen) atoms. The Morgan fingerprint density at radius 3 is 3.05 bits per heavy atom. The molecule has 2 unspecified atom stereocenters. The van der Waals surface area contributed by atoms with Crippen LogP contribution in [0.3, 0.4) is 0 Å². The summed E-state index contributed by atoms with van der Waals surface area (Å²) in [5.41, 5.74) is 0. The number of aliphatic hydroxyl groups excluding tert-OH is 1. The fraction of sp³-hybridized carbons (Fsp3) is 0.733. The number of hydrogen-bond donors (Lipinski definition) is 1. The van der Waals surface area contributed by atoms with Crippen molar-refractivity contribution in [3.63, 3.8) is 0 Å². The number of aromatic nitrogens is 2. The van der Waals surface area contributed by atoms with Gasteiger partial charge in [0.15, 0.2) is 0 Å². The number of hydrogen-bond acceptors (Lipinski definition) is 3. The van der Waals surface area contributed by atoms with Gasteiger partial charge in [0.25, 0.3) is 0 Å². The molecule has 1 aliphatic heterocycles. The van der Waals surface area contributed by atoms with Crippen molar-refractivity contribution in [2.45, 2.75) is 45.1 Å². The molecule has 0 radical (unpaired) electrons. The van der Waals surface area contributed by atoms with Gasteiger partial charge in [0.1, 0.15) is 0 Å². The van der Waals surface area contributed by atoms with Crippen molar-refractivity contribution in [1.29, 1.82) is 0 Å². The summed E-state index contributed by atoms with van der Waals surface area (Å²) >= 11 is 0. The highest BCUT2D eigenvalue weighted by Gasteiger charge is 2.25. The first-order valence-electron chi connectivity index (χ1n) is 7.60. The van der Waals surface area contributed by atoms with Crippen LogP contribution in [0, 0.1) is 5.92 Å². The van der Waals surface area contributed by atoms with E-state index in [0.29, 0.717) is 13.0 Å². The molecule has 1 saturated heterocycles. The minimum atomic E-state index is 0.184. The molecule has 0 bridgehead atoms. The van der Waals surface area contributed by atoms with Crippen molar-refractivity contribution in [3.8, 4) is 0 Å². The second-order valence-corrected chi connectivity index (χ2v) is 5.69. The molecule has 0 spiro atoms. The van der Waals surface area contributed by atoms with E-state index in [0.717, 1.165) is 32.2 Å². The largest absolute Gasteiger partial charge is 0.396 e. The maximum atomic E-state index is 12.5. The molecular weight excluding hydrogens is 254 g/mol. The third-order valence-electron chi connectivity index (χ3n) is 4.11. The summed E-state index contributed by atoms with van der Waals surface area (Å²) in [6.07, 6.45) is 10.1. The summed E-state index contributed by atoms with van der Waals surface area (Å²) in [5.74, 6) is 0.459. The fourth-order valence-electron chi connectivity index (χ4n) is 2.95. The van der Waals surface area contributed by atoms with Gasteiger partial charge in [-0.3, -0.25) is 4.79 Å². The number of likely N-dealkylation sites (tertiary alicyclic amines) is 1. The standard InChI is InChI=1S/C15H25N3O2/c1-2-4-14(18-8-6-16-12-18)9-15(20)17-7-3-5-13(10-17)11-19/h6,8,12-14,19H,2-5,7,9-11H2,1H3. The zero-order valence-electron chi connectivity index (χ0n) is 12.2. The molecule has 0 saturated carbocycles. The van der Waals surface area contributed by atoms with Crippen molar-refractivity contribution in [2.24, 2.45) is 5.92 Å². The Balaban J connectivity index is 1.94. The van der Waals surface area contributed by atoms with E-state index in [1.807, 2.05) is 15.7 Å². The summed E-state index contributed by atoms with van der Waals surface area (Å²) < 4.78 is 2.04. The van der Waals surface area contributed by atoms with Crippen LogP contribution in [0.15, 0.2) is 18.7 Å². The predicted octanol–water partition coefficient (Wildman–Crippen LogP) is 1.85. The number of piperidine rings is 1. The molecule has 2 atom stereocenters. The molecule has 1 fully saturated rings. The molecule has 5 nitrogen and oxygen atoms in total. The highest BCUT2D eigenvalue weighted by molar-refractivity contribution is 5.76. The van der Waals surface area contributed by atoms with E-state index in [2.05, 4.69) is 11.9 Å². The number of nitrogens with zero attached hydrogens (tertiary/aromatic N) is 3. The van der Waals surface area contributed by atoms with Crippen LogP contribution in [-0.4, -0.2) is 45.2 Å². The van der Waals surface area contributed by atoms with Gasteiger partial charge in [-0.1, -0.05) is 13.3 Å². The lowest BCUT2D eigenvalue weighted by Gasteiger charge is -2.33. The molecule has 0 aliphatic carbocycles. The first-order chi connectivity index (χ1) is 9.74. The van der Waals surface area contributed by atoms with Crippen LogP contribution in [-0.2, 0) is 4.79 Å². The van der Waals surface area contributed by atoms with Crippen LogP contribution in [0.2, 0.25) is 0 Å². The normalized spacial score (nSPS) is 20.9. The quantitative estimate of drug-likeness (QED) is 0.864. The van der Waals surface area contributed by atoms with E-state index in [-0.39, 0.29) is 24.5 Å². The molecule has 1 aromatic heterocycles. The molecule has 2 rings (SSSR count). The first kappa shape index (κ1) is 15.0. The van der Waals surface area contributed by atoms with E-state index in [9.17, 15) is 9.90 Å². The maximum absolute atomic E-state index is 12.5. The Morgan fingerprint density at radius 2 is 2.40 bits per heavy atom. The Bertz CT molecular complexity index is 405. The fourth-order valence-corrected chi connectivity index (χ4v) is 2.95. The topological polar surface area (TPSA) is 58.4 Å². The van der Waals surface area contributed by atoms with Gasteiger partial charge in [0, 0.05) is 44.6 Å². The zero-order valence-corrected chi connectivity index (χ0v) is 12.2. The second kappa shape index (κ2) is 7.43. The zero-order chi connectivity index (χ0) is 14.4. The molecule has 1 aromatic rings. The first-order valence-corrected chi connectivity index (χ1v) is 7.60. The molecular formula is C15H25N3O2. The second-order valence-electron chi connectivity index (χ2n) is 5.69. The minimum absolute atomic E-state index is 0.184. The molecule has 5 heteroatoms. The number of amides is 1. The molecule has 1 N–H and O–H groups in total. The summed E-state index contributed by atoms with van der Waals surface area (Å²) in [6, 6.07) is 0.199. The van der Waals surface area contributed by atoms with Crippen molar-refractivity contribution in [2.75, 3.05) is 19.7 Å². The Hall–Kier alpha value is -1.36. The minimum Gasteiger partial charge on any atom is -0.396 e. The summed E-state index contributed by atoms with van der Waals surface area (Å²) in [6.45, 7) is 3.86. The molecule has 1 aliphatic rings. The maximum Gasteiger partial charge on any atom is 0.224 e. The van der Waals surface area contributed by atoms with Crippen LogP contribution >= 0.6 is 0 Å². The van der Waals surface area contributed by atoms with Crippen LogP contribution in [0.25, 0.3) is 0 Å². The van der Waals surface area contributed by atoms with Gasteiger partial charge in [-0.15, -0.1) is 0 Å². The van der Waals surface area contributed by atoms with E-state index >= 15 is 0 Å². The van der Waals surface area contributed by atoms with Gasteiger partial charge in [0.05, 0.1) is 6.33 Å². The van der Waals surface area contributed by atoms with Crippen molar-refractivity contribution in [3.05, 3.63) is 18.7 Å². The highest BCUT2D eigenvalue weighted by atomic mass is 16.3. The van der Waals surface area contributed by atoms with E-state index in [1.54, 1.807) is 12.5 Å². The third-order valence-corrected chi connectivity index (χ3v) is 4.11. The molecule has 1 amide bonds. The third kappa shape index (κ3) is 3.82. The van der Waals surface area contributed by atoms with Gasteiger partial charge in [-0.2, -0.15) is 0 Å². The SMILES string of the molecule is CCCC(CC(=O)N1CCCC(CO)C1)n1ccnc1. The Labute approximate surface area is 120 Å². The molecule has 0 aromatic carbocycles. The van der Waals surface area contributed by atoms with Crippen molar-refractivity contribution < 1.29 is 9.90 Å². The highest BCUT2D eigenvalue weighted by Crippen LogP contribution is 2.22. The van der Waals surface area contributed by atoms with Crippen molar-refractivity contribution >= 4 is 5.91 Å². The lowest BCUT2D eigenvalue weighted by Crippen LogP contribution is -2.41. The average molecular weight is 279 g/mol. The van der Waals surface area contributed by atoms with Gasteiger partial charge in [-0.25, -0.2) is 4.98 Å². The summed E-state index contributed by atoms with van der Waals surface area (Å²) in [4.78, 5) is 18.4. The molecule has 2 heterocycles. The number of imidazole rings is 1. The van der Waals surface area contributed by atoms with Crippen LogP contribution in [0.4, 0.5) is 0 Å². The monoisotopic (exact) mass is 279 g/mol. The number of carbonyl (C=O) groups excluding carboxylic acids is 1. The van der Waals surface area contributed by atoms with E-state index in [1.165, 1.54) is 0 Å². The lowest BCUT2D eigenvalue weighted by atomic mass is 9.98. The van der Waals surface area contributed by atoms with Gasteiger partial charge in [0.2, 0.25) is 5.91 Å². The number of aliphatic hydroxyl groups is 1. The van der Waals surface area contributed by atoms with Crippen LogP contribution in [0.5, 0.6) is 0 Å².